The van der Waals surface area contributed by atoms with Crippen molar-refractivity contribution in [3.05, 3.63) is 61.5 Å². The van der Waals surface area contributed by atoms with E-state index in [1.54, 1.807) is 23.6 Å². The summed E-state index contributed by atoms with van der Waals surface area (Å²) in [4.78, 5) is 12.2. The van der Waals surface area contributed by atoms with E-state index >= 15 is 0 Å². The second-order valence-corrected chi connectivity index (χ2v) is 8.67. The molecule has 0 saturated carbocycles. The lowest BCUT2D eigenvalue weighted by molar-refractivity contribution is -0.00737. The molecule has 0 aliphatic carbocycles. The lowest BCUT2D eigenvalue weighted by atomic mass is 9.90. The maximum absolute atomic E-state index is 6.12. The van der Waals surface area contributed by atoms with Gasteiger partial charge in [0.15, 0.2) is 5.60 Å². The summed E-state index contributed by atoms with van der Waals surface area (Å²) in [5, 5.41) is 6.58. The van der Waals surface area contributed by atoms with Gasteiger partial charge in [-0.15, -0.1) is 11.3 Å². The maximum atomic E-state index is 6.12. The van der Waals surface area contributed by atoms with E-state index in [2.05, 4.69) is 38.2 Å². The van der Waals surface area contributed by atoms with Crippen LogP contribution < -0.4 is 0 Å². The molecule has 1 atom stereocenters. The average Bonchev–Trinajstić information content (AvgIpc) is 3.10. The van der Waals surface area contributed by atoms with Crippen LogP contribution in [0.1, 0.15) is 23.8 Å². The number of pyridine rings is 1. The van der Waals surface area contributed by atoms with Crippen LogP contribution in [0.4, 0.5) is 0 Å². The topological polar surface area (TPSA) is 34.5 Å². The quantitative estimate of drug-likeness (QED) is 0.460. The molecule has 1 aliphatic heterocycles. The SMILES string of the molecule is CC1(c2cc(Cl)cc(Cl)c2)CC(c2cc3cc(Br)cnc3s2)=NO1. The smallest absolute Gasteiger partial charge is 0.165 e. The van der Waals surface area contributed by atoms with Crippen molar-refractivity contribution in [2.75, 3.05) is 0 Å². The number of rotatable bonds is 2. The number of fused-ring (bicyclic) bond motifs is 1. The zero-order valence-corrected chi connectivity index (χ0v) is 16.4. The number of hydrogen-bond acceptors (Lipinski definition) is 4. The van der Waals surface area contributed by atoms with Crippen molar-refractivity contribution >= 4 is 66.4 Å². The highest BCUT2D eigenvalue weighted by Crippen LogP contribution is 2.40. The van der Waals surface area contributed by atoms with Gasteiger partial charge < -0.3 is 4.84 Å². The molecule has 0 N–H and O–H groups in total. The van der Waals surface area contributed by atoms with E-state index in [0.29, 0.717) is 16.5 Å². The van der Waals surface area contributed by atoms with Gasteiger partial charge in [0.1, 0.15) is 10.5 Å². The fraction of sp³-hybridized carbons (Fsp3) is 0.176. The van der Waals surface area contributed by atoms with Gasteiger partial charge in [-0.3, -0.25) is 0 Å². The van der Waals surface area contributed by atoms with Crippen molar-refractivity contribution < 1.29 is 4.84 Å². The molecule has 0 spiro atoms. The van der Waals surface area contributed by atoms with Crippen molar-refractivity contribution in [1.29, 1.82) is 0 Å². The molecule has 0 radical (unpaired) electrons. The third-order valence-corrected chi connectivity index (χ3v) is 5.94. The lowest BCUT2D eigenvalue weighted by Crippen LogP contribution is -2.21. The van der Waals surface area contributed by atoms with Crippen molar-refractivity contribution in [3.8, 4) is 0 Å². The highest BCUT2D eigenvalue weighted by molar-refractivity contribution is 9.10. The van der Waals surface area contributed by atoms with Gasteiger partial charge in [0.2, 0.25) is 0 Å². The number of aromatic nitrogens is 1. The first-order valence-corrected chi connectivity index (χ1v) is 9.57. The largest absolute Gasteiger partial charge is 0.384 e. The fourth-order valence-electron chi connectivity index (χ4n) is 2.73. The zero-order valence-electron chi connectivity index (χ0n) is 12.5. The fourth-order valence-corrected chi connectivity index (χ4v) is 4.57. The van der Waals surface area contributed by atoms with Gasteiger partial charge in [-0.2, -0.15) is 0 Å². The van der Waals surface area contributed by atoms with Crippen LogP contribution in [0.3, 0.4) is 0 Å². The summed E-state index contributed by atoms with van der Waals surface area (Å²) in [7, 11) is 0. The van der Waals surface area contributed by atoms with Crippen molar-refractivity contribution in [2.45, 2.75) is 18.9 Å². The van der Waals surface area contributed by atoms with Crippen LogP contribution in [0.25, 0.3) is 10.2 Å². The van der Waals surface area contributed by atoms with Crippen LogP contribution in [0.5, 0.6) is 0 Å². The second-order valence-electron chi connectivity index (χ2n) is 5.85. The third kappa shape index (κ3) is 2.94. The third-order valence-electron chi connectivity index (χ3n) is 3.96. The molecule has 3 nitrogen and oxygen atoms in total. The zero-order chi connectivity index (χ0) is 16.9. The molecule has 1 unspecified atom stereocenters. The van der Waals surface area contributed by atoms with Crippen molar-refractivity contribution in [2.24, 2.45) is 5.16 Å². The molecule has 24 heavy (non-hydrogen) atoms. The second kappa shape index (κ2) is 5.99. The minimum Gasteiger partial charge on any atom is -0.384 e. The molecule has 1 aromatic carbocycles. The van der Waals surface area contributed by atoms with Gasteiger partial charge >= 0.3 is 0 Å². The summed E-state index contributed by atoms with van der Waals surface area (Å²) >= 11 is 17.3. The summed E-state index contributed by atoms with van der Waals surface area (Å²) in [5.41, 5.74) is 1.25. The summed E-state index contributed by atoms with van der Waals surface area (Å²) in [5.74, 6) is 0. The molecule has 3 heterocycles. The van der Waals surface area contributed by atoms with Gasteiger partial charge in [-0.05, 0) is 53.2 Å². The molecule has 0 saturated heterocycles. The van der Waals surface area contributed by atoms with E-state index in [1.165, 1.54) is 0 Å². The Labute approximate surface area is 161 Å². The Bertz CT molecular complexity index is 968. The Morgan fingerprint density at radius 3 is 2.67 bits per heavy atom. The predicted octanol–water partition coefficient (Wildman–Crippen LogP) is 6.41. The van der Waals surface area contributed by atoms with Gasteiger partial charge in [-0.1, -0.05) is 28.4 Å². The standard InChI is InChI=1S/C17H11BrCl2N2OS/c1-17(10-4-12(19)6-13(20)5-10)7-14(22-23-17)15-3-9-2-11(18)8-21-16(9)24-15/h2-6,8H,7H2,1H3. The van der Waals surface area contributed by atoms with Gasteiger partial charge in [0, 0.05) is 38.1 Å². The van der Waals surface area contributed by atoms with Crippen LogP contribution in [0.2, 0.25) is 10.0 Å². The summed E-state index contributed by atoms with van der Waals surface area (Å²) in [6.07, 6.45) is 2.45. The van der Waals surface area contributed by atoms with E-state index < -0.39 is 5.60 Å². The van der Waals surface area contributed by atoms with E-state index in [0.717, 1.165) is 30.8 Å². The number of halogens is 3. The molecule has 1 aliphatic rings. The summed E-state index contributed by atoms with van der Waals surface area (Å²) in [6, 6.07) is 9.60. The average molecular weight is 442 g/mol. The van der Waals surface area contributed by atoms with Gasteiger partial charge in [0.25, 0.3) is 0 Å². The van der Waals surface area contributed by atoms with Crippen LogP contribution in [0, 0.1) is 0 Å². The molecule has 7 heteroatoms. The van der Waals surface area contributed by atoms with E-state index in [1.807, 2.05) is 19.1 Å². The monoisotopic (exact) mass is 440 g/mol. The predicted molar refractivity (Wildman–Crippen MR) is 103 cm³/mol. The minimum absolute atomic E-state index is 0.575. The molecule has 0 bridgehead atoms. The van der Waals surface area contributed by atoms with Gasteiger partial charge in [0.05, 0.1) is 4.88 Å². The van der Waals surface area contributed by atoms with Crippen LogP contribution in [0.15, 0.2) is 46.2 Å². The molecule has 122 valence electrons. The Hall–Kier alpha value is -1.14. The van der Waals surface area contributed by atoms with E-state index in [4.69, 9.17) is 28.0 Å². The normalized spacial score (nSPS) is 20.2. The summed E-state index contributed by atoms with van der Waals surface area (Å²) in [6.45, 7) is 1.99. The molecule has 4 rings (SSSR count). The Morgan fingerprint density at radius 1 is 1.17 bits per heavy atom. The first-order chi connectivity index (χ1) is 11.4. The first kappa shape index (κ1) is 16.3. The van der Waals surface area contributed by atoms with Crippen LogP contribution in [-0.2, 0) is 10.4 Å². The van der Waals surface area contributed by atoms with E-state index in [-0.39, 0.29) is 0 Å². The highest BCUT2D eigenvalue weighted by atomic mass is 79.9. The van der Waals surface area contributed by atoms with Crippen molar-refractivity contribution in [1.82, 2.24) is 4.98 Å². The number of thiophene rings is 1. The number of hydrogen-bond donors (Lipinski definition) is 0. The lowest BCUT2D eigenvalue weighted by Gasteiger charge is -2.22. The van der Waals surface area contributed by atoms with Crippen LogP contribution in [-0.4, -0.2) is 10.7 Å². The molecule has 0 amide bonds. The first-order valence-electron chi connectivity index (χ1n) is 7.20. The molecule has 3 aromatic rings. The Kier molecular flexibility index (Phi) is 4.07. The molecule has 2 aromatic heterocycles. The Morgan fingerprint density at radius 2 is 1.92 bits per heavy atom. The van der Waals surface area contributed by atoms with Crippen molar-refractivity contribution in [3.63, 3.8) is 0 Å². The summed E-state index contributed by atoms with van der Waals surface area (Å²) < 4.78 is 0.961. The molecular formula is C17H11BrCl2N2OS. The molecule has 0 fully saturated rings. The minimum atomic E-state index is -0.575. The van der Waals surface area contributed by atoms with Gasteiger partial charge in [-0.25, -0.2) is 4.98 Å². The van der Waals surface area contributed by atoms with E-state index in [9.17, 15) is 0 Å². The molecular weight excluding hydrogens is 431 g/mol. The number of nitrogens with zero attached hydrogens (tertiary/aromatic N) is 2. The highest BCUT2D eigenvalue weighted by Gasteiger charge is 2.37. The number of oxime groups is 1. The van der Waals surface area contributed by atoms with Crippen LogP contribution >= 0.6 is 50.5 Å². The maximum Gasteiger partial charge on any atom is 0.165 e. The number of benzene rings is 1. The Balaban J connectivity index is 1.67.